The Bertz CT molecular complexity index is 525. The highest BCUT2D eigenvalue weighted by atomic mass is 16.5. The van der Waals surface area contributed by atoms with Crippen LogP contribution < -0.4 is 10.1 Å². The molecule has 0 aromatic heterocycles. The van der Waals surface area contributed by atoms with Crippen molar-refractivity contribution >= 4 is 5.91 Å². The van der Waals surface area contributed by atoms with Gasteiger partial charge in [-0.05, 0) is 32.4 Å². The lowest BCUT2D eigenvalue weighted by atomic mass is 10.1. The zero-order chi connectivity index (χ0) is 17.2. The van der Waals surface area contributed by atoms with Crippen molar-refractivity contribution in [2.75, 3.05) is 26.4 Å². The molecular formula is C19H27NO4. The maximum absolute atomic E-state index is 12.1. The molecule has 1 saturated heterocycles. The Hall–Kier alpha value is -1.85. The van der Waals surface area contributed by atoms with E-state index in [1.54, 1.807) is 0 Å². The lowest BCUT2D eigenvalue weighted by Crippen LogP contribution is -2.50. The van der Waals surface area contributed by atoms with E-state index in [1.165, 1.54) is 5.57 Å². The number of benzene rings is 1. The Morgan fingerprint density at radius 2 is 2.12 bits per heavy atom. The summed E-state index contributed by atoms with van der Waals surface area (Å²) in [6.45, 7) is 6.16. The summed E-state index contributed by atoms with van der Waals surface area (Å²) in [6, 6.07) is 9.39. The SMILES string of the molecule is CC(C)=CCO[C@@H]1CCOC[C@@H]1NC(=O)CCOc1ccccc1. The van der Waals surface area contributed by atoms with Crippen LogP contribution in [0.5, 0.6) is 5.75 Å². The first-order chi connectivity index (χ1) is 11.6. The van der Waals surface area contributed by atoms with Gasteiger partial charge in [0, 0.05) is 6.61 Å². The van der Waals surface area contributed by atoms with Crippen molar-refractivity contribution in [1.29, 1.82) is 0 Å². The number of amides is 1. The summed E-state index contributed by atoms with van der Waals surface area (Å²) in [5.74, 6) is 0.728. The second-order valence-corrected chi connectivity index (χ2v) is 6.10. The Balaban J connectivity index is 1.72. The third-order valence-electron chi connectivity index (χ3n) is 3.78. The predicted octanol–water partition coefficient (Wildman–Crippen LogP) is 2.71. The van der Waals surface area contributed by atoms with Gasteiger partial charge in [-0.1, -0.05) is 29.8 Å². The molecule has 0 bridgehead atoms. The van der Waals surface area contributed by atoms with E-state index in [9.17, 15) is 4.79 Å². The molecule has 0 radical (unpaired) electrons. The Morgan fingerprint density at radius 1 is 1.33 bits per heavy atom. The van der Waals surface area contributed by atoms with Crippen LogP contribution >= 0.6 is 0 Å². The van der Waals surface area contributed by atoms with Crippen molar-refractivity contribution in [3.8, 4) is 5.75 Å². The summed E-state index contributed by atoms with van der Waals surface area (Å²) in [5.41, 5.74) is 1.22. The first kappa shape index (κ1) is 18.5. The van der Waals surface area contributed by atoms with Gasteiger partial charge < -0.3 is 19.5 Å². The number of nitrogens with one attached hydrogen (secondary N) is 1. The number of para-hydroxylation sites is 1. The minimum Gasteiger partial charge on any atom is -0.493 e. The molecule has 5 nitrogen and oxygen atoms in total. The van der Waals surface area contributed by atoms with Crippen molar-refractivity contribution in [2.45, 2.75) is 38.8 Å². The number of rotatable bonds is 8. The standard InChI is InChI=1S/C19H27NO4/c1-15(2)8-12-24-18-9-11-22-14-17(18)20-19(21)10-13-23-16-6-4-3-5-7-16/h3-8,17-18H,9-14H2,1-2H3,(H,20,21)/t17-,18+/m0/s1. The molecule has 1 amide bonds. The molecule has 1 heterocycles. The van der Waals surface area contributed by atoms with E-state index in [1.807, 2.05) is 50.3 Å². The van der Waals surface area contributed by atoms with Gasteiger partial charge in [0.2, 0.25) is 5.91 Å². The molecule has 0 spiro atoms. The topological polar surface area (TPSA) is 56.8 Å². The molecule has 1 aliphatic rings. The van der Waals surface area contributed by atoms with Crippen LogP contribution in [0.1, 0.15) is 26.7 Å². The van der Waals surface area contributed by atoms with Gasteiger partial charge in [-0.25, -0.2) is 0 Å². The molecule has 0 saturated carbocycles. The molecule has 24 heavy (non-hydrogen) atoms. The highest BCUT2D eigenvalue weighted by Crippen LogP contribution is 2.13. The summed E-state index contributed by atoms with van der Waals surface area (Å²) in [4.78, 5) is 12.1. The lowest BCUT2D eigenvalue weighted by molar-refractivity contribution is -0.126. The van der Waals surface area contributed by atoms with Gasteiger partial charge in [-0.2, -0.15) is 0 Å². The molecule has 1 aromatic rings. The second kappa shape index (κ2) is 10.1. The van der Waals surface area contributed by atoms with Crippen LogP contribution in [0.25, 0.3) is 0 Å². The van der Waals surface area contributed by atoms with E-state index in [-0.39, 0.29) is 18.1 Å². The fourth-order valence-corrected chi connectivity index (χ4v) is 2.45. The van der Waals surface area contributed by atoms with E-state index in [0.29, 0.717) is 32.8 Å². The largest absolute Gasteiger partial charge is 0.493 e. The van der Waals surface area contributed by atoms with Crippen molar-refractivity contribution in [2.24, 2.45) is 0 Å². The monoisotopic (exact) mass is 333 g/mol. The van der Waals surface area contributed by atoms with E-state index < -0.39 is 0 Å². The Morgan fingerprint density at radius 3 is 2.88 bits per heavy atom. The highest BCUT2D eigenvalue weighted by molar-refractivity contribution is 5.76. The van der Waals surface area contributed by atoms with E-state index in [0.717, 1.165) is 12.2 Å². The van der Waals surface area contributed by atoms with Gasteiger partial charge in [0.1, 0.15) is 5.75 Å². The normalized spacial score (nSPS) is 20.2. The molecule has 1 fully saturated rings. The molecule has 1 N–H and O–H groups in total. The number of hydrogen-bond donors (Lipinski definition) is 1. The fraction of sp³-hybridized carbons (Fsp3) is 0.526. The van der Waals surface area contributed by atoms with E-state index in [4.69, 9.17) is 14.2 Å². The Labute approximate surface area is 144 Å². The average Bonchev–Trinajstić information content (AvgIpc) is 2.57. The van der Waals surface area contributed by atoms with Crippen LogP contribution in [-0.2, 0) is 14.3 Å². The summed E-state index contributed by atoms with van der Waals surface area (Å²) in [6.07, 6.45) is 3.14. The summed E-state index contributed by atoms with van der Waals surface area (Å²) in [7, 11) is 0. The summed E-state index contributed by atoms with van der Waals surface area (Å²) >= 11 is 0. The van der Waals surface area contributed by atoms with Gasteiger partial charge in [0.15, 0.2) is 0 Å². The summed E-state index contributed by atoms with van der Waals surface area (Å²) < 4.78 is 16.9. The van der Waals surface area contributed by atoms with Crippen LogP contribution in [-0.4, -0.2) is 44.5 Å². The van der Waals surface area contributed by atoms with Crippen LogP contribution in [0.4, 0.5) is 0 Å². The van der Waals surface area contributed by atoms with Crippen molar-refractivity contribution in [3.05, 3.63) is 42.0 Å². The number of carbonyl (C=O) groups is 1. The zero-order valence-corrected chi connectivity index (χ0v) is 14.5. The molecule has 1 aromatic carbocycles. The molecule has 5 heteroatoms. The maximum Gasteiger partial charge on any atom is 0.223 e. The lowest BCUT2D eigenvalue weighted by Gasteiger charge is -2.31. The molecule has 2 atom stereocenters. The van der Waals surface area contributed by atoms with Crippen molar-refractivity contribution in [3.63, 3.8) is 0 Å². The number of allylic oxidation sites excluding steroid dienone is 1. The van der Waals surface area contributed by atoms with E-state index in [2.05, 4.69) is 5.32 Å². The Kier molecular flexibility index (Phi) is 7.79. The molecule has 1 aliphatic heterocycles. The minimum absolute atomic E-state index is 0.00617. The number of hydrogen-bond acceptors (Lipinski definition) is 4. The van der Waals surface area contributed by atoms with Crippen LogP contribution in [0.3, 0.4) is 0 Å². The molecular weight excluding hydrogens is 306 g/mol. The van der Waals surface area contributed by atoms with Crippen LogP contribution in [0, 0.1) is 0 Å². The average molecular weight is 333 g/mol. The van der Waals surface area contributed by atoms with Gasteiger partial charge >= 0.3 is 0 Å². The van der Waals surface area contributed by atoms with E-state index >= 15 is 0 Å². The van der Waals surface area contributed by atoms with Crippen LogP contribution in [0.15, 0.2) is 42.0 Å². The van der Waals surface area contributed by atoms with Crippen molar-refractivity contribution < 1.29 is 19.0 Å². The van der Waals surface area contributed by atoms with Gasteiger partial charge in [-0.15, -0.1) is 0 Å². The summed E-state index contributed by atoms with van der Waals surface area (Å²) in [5, 5.41) is 3.00. The second-order valence-electron chi connectivity index (χ2n) is 6.10. The first-order valence-electron chi connectivity index (χ1n) is 8.45. The third kappa shape index (κ3) is 6.72. The van der Waals surface area contributed by atoms with Gasteiger partial charge in [0.05, 0.1) is 38.4 Å². The minimum atomic E-state index is -0.103. The third-order valence-corrected chi connectivity index (χ3v) is 3.78. The van der Waals surface area contributed by atoms with Crippen molar-refractivity contribution in [1.82, 2.24) is 5.32 Å². The number of carbonyl (C=O) groups excluding carboxylic acids is 1. The quantitative estimate of drug-likeness (QED) is 0.743. The van der Waals surface area contributed by atoms with Gasteiger partial charge in [0.25, 0.3) is 0 Å². The molecule has 0 unspecified atom stereocenters. The molecule has 0 aliphatic carbocycles. The number of ether oxygens (including phenoxy) is 3. The smallest absolute Gasteiger partial charge is 0.223 e. The highest BCUT2D eigenvalue weighted by Gasteiger charge is 2.27. The fourth-order valence-electron chi connectivity index (χ4n) is 2.45. The predicted molar refractivity (Wildman–Crippen MR) is 93.1 cm³/mol. The first-order valence-corrected chi connectivity index (χ1v) is 8.45. The molecule has 2 rings (SSSR count). The van der Waals surface area contributed by atoms with Gasteiger partial charge in [-0.3, -0.25) is 4.79 Å². The maximum atomic E-state index is 12.1. The zero-order valence-electron chi connectivity index (χ0n) is 14.5. The molecule has 132 valence electrons. The van der Waals surface area contributed by atoms with Crippen LogP contribution in [0.2, 0.25) is 0 Å².